The highest BCUT2D eigenvalue weighted by Crippen LogP contribution is 2.13. The number of guanidine groups is 1. The predicted molar refractivity (Wildman–Crippen MR) is 98.9 cm³/mol. The number of piperidine rings is 1. The van der Waals surface area contributed by atoms with Gasteiger partial charge in [-0.2, -0.15) is 5.26 Å². The van der Waals surface area contributed by atoms with Gasteiger partial charge in [0.25, 0.3) is 0 Å². The van der Waals surface area contributed by atoms with Gasteiger partial charge in [-0.3, -0.25) is 9.79 Å². The van der Waals surface area contributed by atoms with Crippen LogP contribution in [-0.2, 0) is 11.3 Å². The van der Waals surface area contributed by atoms with E-state index >= 15 is 0 Å². The Morgan fingerprint density at radius 2 is 2.12 bits per heavy atom. The first-order chi connectivity index (χ1) is 12.4. The number of amides is 1. The van der Waals surface area contributed by atoms with Crippen LogP contribution in [0.4, 0.5) is 4.39 Å². The fraction of sp³-hybridized carbons (Fsp3) is 0.526. The standard InChI is InChI=1S/C19H26FN5O/c1-13(2)18(26)25-8-6-16(7-9-25)24-19(22-3)23-12-15-10-14(11-21)4-5-17(15)20/h4-5,10,13,16H,6-9,12H2,1-3H3,(H2,22,23,24). The highest BCUT2D eigenvalue weighted by atomic mass is 19.1. The fourth-order valence-corrected chi connectivity index (χ4v) is 2.96. The molecule has 7 heteroatoms. The molecule has 1 heterocycles. The summed E-state index contributed by atoms with van der Waals surface area (Å²) in [5.74, 6) is 0.444. The molecule has 0 atom stereocenters. The number of hydrogen-bond donors (Lipinski definition) is 2. The Hall–Kier alpha value is -2.62. The number of aliphatic imine (C=N–C) groups is 1. The summed E-state index contributed by atoms with van der Waals surface area (Å²) in [5, 5.41) is 15.3. The number of nitrogens with zero attached hydrogens (tertiary/aromatic N) is 3. The third-order valence-electron chi connectivity index (χ3n) is 4.49. The van der Waals surface area contributed by atoms with Crippen molar-refractivity contribution in [2.45, 2.75) is 39.3 Å². The van der Waals surface area contributed by atoms with Crippen LogP contribution in [0.3, 0.4) is 0 Å². The van der Waals surface area contributed by atoms with Crippen molar-refractivity contribution in [3.63, 3.8) is 0 Å². The molecule has 1 aliphatic rings. The van der Waals surface area contributed by atoms with Crippen LogP contribution in [0.15, 0.2) is 23.2 Å². The first-order valence-corrected chi connectivity index (χ1v) is 8.89. The Morgan fingerprint density at radius 3 is 2.69 bits per heavy atom. The molecule has 2 N–H and O–H groups in total. The average Bonchev–Trinajstić information content (AvgIpc) is 2.66. The number of benzene rings is 1. The predicted octanol–water partition coefficient (Wildman–Crippen LogP) is 2.01. The molecule has 0 unspecified atom stereocenters. The van der Waals surface area contributed by atoms with Crippen LogP contribution >= 0.6 is 0 Å². The summed E-state index contributed by atoms with van der Waals surface area (Å²) in [4.78, 5) is 18.1. The van der Waals surface area contributed by atoms with Crippen LogP contribution in [0.25, 0.3) is 0 Å². The minimum atomic E-state index is -0.354. The molecule has 0 aromatic heterocycles. The lowest BCUT2D eigenvalue weighted by atomic mass is 10.0. The zero-order chi connectivity index (χ0) is 19.1. The highest BCUT2D eigenvalue weighted by Gasteiger charge is 2.24. The largest absolute Gasteiger partial charge is 0.354 e. The van der Waals surface area contributed by atoms with Gasteiger partial charge >= 0.3 is 0 Å². The van der Waals surface area contributed by atoms with Crippen molar-refractivity contribution in [3.05, 3.63) is 35.1 Å². The maximum Gasteiger partial charge on any atom is 0.225 e. The van der Waals surface area contributed by atoms with Crippen molar-refractivity contribution in [1.29, 1.82) is 5.26 Å². The Morgan fingerprint density at radius 1 is 1.42 bits per heavy atom. The smallest absolute Gasteiger partial charge is 0.225 e. The topological polar surface area (TPSA) is 80.5 Å². The normalized spacial score (nSPS) is 15.7. The zero-order valence-corrected chi connectivity index (χ0v) is 15.6. The van der Waals surface area contributed by atoms with Crippen LogP contribution in [0.1, 0.15) is 37.8 Å². The van der Waals surface area contributed by atoms with E-state index in [2.05, 4.69) is 15.6 Å². The fourth-order valence-electron chi connectivity index (χ4n) is 2.96. The van der Waals surface area contributed by atoms with Gasteiger partial charge in [-0.05, 0) is 31.0 Å². The molecule has 0 radical (unpaired) electrons. The summed E-state index contributed by atoms with van der Waals surface area (Å²) in [6.07, 6.45) is 1.69. The van der Waals surface area contributed by atoms with E-state index in [1.807, 2.05) is 24.8 Å². The molecule has 140 valence electrons. The summed E-state index contributed by atoms with van der Waals surface area (Å²) < 4.78 is 13.9. The van der Waals surface area contributed by atoms with Gasteiger partial charge in [0, 0.05) is 44.2 Å². The number of carbonyl (C=O) groups is 1. The molecule has 0 saturated carbocycles. The van der Waals surface area contributed by atoms with E-state index < -0.39 is 0 Å². The first kappa shape index (κ1) is 19.7. The van der Waals surface area contributed by atoms with E-state index in [1.54, 1.807) is 7.05 Å². The lowest BCUT2D eigenvalue weighted by molar-refractivity contribution is -0.135. The monoisotopic (exact) mass is 359 g/mol. The van der Waals surface area contributed by atoms with E-state index in [0.29, 0.717) is 17.1 Å². The molecule has 6 nitrogen and oxygen atoms in total. The molecule has 2 rings (SSSR count). The van der Waals surface area contributed by atoms with Gasteiger partial charge in [0.15, 0.2) is 5.96 Å². The number of rotatable bonds is 4. The Bertz CT molecular complexity index is 702. The van der Waals surface area contributed by atoms with E-state index in [9.17, 15) is 9.18 Å². The number of likely N-dealkylation sites (tertiary alicyclic amines) is 1. The van der Waals surface area contributed by atoms with E-state index in [1.165, 1.54) is 18.2 Å². The summed E-state index contributed by atoms with van der Waals surface area (Å²) in [7, 11) is 1.66. The van der Waals surface area contributed by atoms with E-state index in [-0.39, 0.29) is 30.2 Å². The van der Waals surface area contributed by atoms with Crippen molar-refractivity contribution >= 4 is 11.9 Å². The molecule has 1 aromatic rings. The number of nitriles is 1. The molecule has 1 aromatic carbocycles. The quantitative estimate of drug-likeness (QED) is 0.637. The van der Waals surface area contributed by atoms with Gasteiger partial charge in [0.1, 0.15) is 5.82 Å². The lowest BCUT2D eigenvalue weighted by Crippen LogP contribution is -2.50. The van der Waals surface area contributed by atoms with Crippen molar-refractivity contribution in [1.82, 2.24) is 15.5 Å². The van der Waals surface area contributed by atoms with Crippen LogP contribution in [0, 0.1) is 23.1 Å². The summed E-state index contributed by atoms with van der Waals surface area (Å²) >= 11 is 0. The maximum absolute atomic E-state index is 13.9. The second-order valence-electron chi connectivity index (χ2n) is 6.74. The van der Waals surface area contributed by atoms with Gasteiger partial charge in [-0.15, -0.1) is 0 Å². The second kappa shape index (κ2) is 9.18. The lowest BCUT2D eigenvalue weighted by Gasteiger charge is -2.34. The molecular weight excluding hydrogens is 333 g/mol. The molecule has 0 bridgehead atoms. The molecule has 0 spiro atoms. The van der Waals surface area contributed by atoms with Crippen molar-refractivity contribution in [2.24, 2.45) is 10.9 Å². The van der Waals surface area contributed by atoms with Gasteiger partial charge < -0.3 is 15.5 Å². The average molecular weight is 359 g/mol. The van der Waals surface area contributed by atoms with Gasteiger partial charge in [0.05, 0.1) is 11.6 Å². The van der Waals surface area contributed by atoms with Crippen LogP contribution in [-0.4, -0.2) is 42.9 Å². The van der Waals surface area contributed by atoms with Crippen molar-refractivity contribution in [3.8, 4) is 6.07 Å². The summed E-state index contributed by atoms with van der Waals surface area (Å²) in [6.45, 7) is 5.53. The number of nitrogens with one attached hydrogen (secondary N) is 2. The minimum absolute atomic E-state index is 0.0213. The molecule has 26 heavy (non-hydrogen) atoms. The van der Waals surface area contributed by atoms with E-state index in [4.69, 9.17) is 5.26 Å². The van der Waals surface area contributed by atoms with Gasteiger partial charge in [-0.25, -0.2) is 4.39 Å². The number of halogens is 1. The molecular formula is C19H26FN5O. The number of carbonyl (C=O) groups excluding carboxylic acids is 1. The Balaban J connectivity index is 1.86. The van der Waals surface area contributed by atoms with Crippen LogP contribution < -0.4 is 10.6 Å². The maximum atomic E-state index is 13.9. The zero-order valence-electron chi connectivity index (χ0n) is 15.6. The minimum Gasteiger partial charge on any atom is -0.354 e. The second-order valence-corrected chi connectivity index (χ2v) is 6.74. The van der Waals surface area contributed by atoms with E-state index in [0.717, 1.165) is 25.9 Å². The number of hydrogen-bond acceptors (Lipinski definition) is 3. The van der Waals surface area contributed by atoms with Gasteiger partial charge in [-0.1, -0.05) is 13.8 Å². The third-order valence-corrected chi connectivity index (χ3v) is 4.49. The molecule has 1 aliphatic heterocycles. The van der Waals surface area contributed by atoms with Gasteiger partial charge in [0.2, 0.25) is 5.91 Å². The third kappa shape index (κ3) is 5.19. The van der Waals surface area contributed by atoms with Crippen LogP contribution in [0.5, 0.6) is 0 Å². The van der Waals surface area contributed by atoms with Crippen LogP contribution in [0.2, 0.25) is 0 Å². The molecule has 0 aliphatic carbocycles. The van der Waals surface area contributed by atoms with Crippen molar-refractivity contribution in [2.75, 3.05) is 20.1 Å². The Kier molecular flexibility index (Phi) is 6.96. The summed E-state index contributed by atoms with van der Waals surface area (Å²) in [5.41, 5.74) is 0.845. The Labute approximate surface area is 154 Å². The first-order valence-electron chi connectivity index (χ1n) is 8.89. The molecule has 1 amide bonds. The highest BCUT2D eigenvalue weighted by molar-refractivity contribution is 5.80. The summed E-state index contributed by atoms with van der Waals surface area (Å²) in [6, 6.07) is 6.51. The molecule has 1 saturated heterocycles. The SMILES string of the molecule is CN=C(NCc1cc(C#N)ccc1F)NC1CCN(C(=O)C(C)C)CC1. The molecule has 1 fully saturated rings. The van der Waals surface area contributed by atoms with Crippen molar-refractivity contribution < 1.29 is 9.18 Å².